The van der Waals surface area contributed by atoms with E-state index in [1.807, 2.05) is 0 Å². The average molecular weight is 345 g/mol. The van der Waals surface area contributed by atoms with Gasteiger partial charge in [0, 0.05) is 36.9 Å². The van der Waals surface area contributed by atoms with Crippen LogP contribution in [0.3, 0.4) is 0 Å². The molecule has 0 unspecified atom stereocenters. The van der Waals surface area contributed by atoms with Crippen LogP contribution in [0.15, 0.2) is 47.6 Å². The van der Waals surface area contributed by atoms with E-state index in [9.17, 15) is 8.42 Å². The maximum absolute atomic E-state index is 12.5. The van der Waals surface area contributed by atoms with Crippen LogP contribution in [0.2, 0.25) is 5.02 Å². The molecule has 2 aromatic rings. The molecule has 2 rings (SSSR count). The van der Waals surface area contributed by atoms with Gasteiger partial charge in [-0.2, -0.15) is 4.31 Å². The second-order valence-electron chi connectivity index (χ2n) is 4.50. The fraction of sp³-hybridized carbons (Fsp3) is 0.214. The van der Waals surface area contributed by atoms with Gasteiger partial charge in [0.1, 0.15) is 0 Å². The van der Waals surface area contributed by atoms with Crippen molar-refractivity contribution in [3.8, 4) is 0 Å². The standard InChI is InChI=1S/C14H14Cl2N2O2S/c1-18(10-11-4-6-17-7-5-11)21(19,20)13-2-3-14(16)12(8-13)9-15/h2-8H,9-10H2,1H3. The highest BCUT2D eigenvalue weighted by Crippen LogP contribution is 2.24. The van der Waals surface area contributed by atoms with Crippen molar-refractivity contribution in [3.05, 3.63) is 58.9 Å². The highest BCUT2D eigenvalue weighted by molar-refractivity contribution is 7.89. The molecule has 0 saturated heterocycles. The number of alkyl halides is 1. The van der Waals surface area contributed by atoms with Gasteiger partial charge in [0.15, 0.2) is 0 Å². The van der Waals surface area contributed by atoms with E-state index in [-0.39, 0.29) is 17.3 Å². The average Bonchev–Trinajstić information content (AvgIpc) is 2.48. The van der Waals surface area contributed by atoms with Crippen molar-refractivity contribution in [1.29, 1.82) is 0 Å². The topological polar surface area (TPSA) is 50.3 Å². The van der Waals surface area contributed by atoms with Gasteiger partial charge in [-0.05, 0) is 41.5 Å². The molecule has 21 heavy (non-hydrogen) atoms. The minimum atomic E-state index is -3.59. The molecule has 0 N–H and O–H groups in total. The van der Waals surface area contributed by atoms with E-state index in [2.05, 4.69) is 4.98 Å². The number of benzene rings is 1. The Hall–Kier alpha value is -1.14. The predicted octanol–water partition coefficient (Wildman–Crippen LogP) is 3.29. The largest absolute Gasteiger partial charge is 0.265 e. The molecule has 0 radical (unpaired) electrons. The summed E-state index contributed by atoms with van der Waals surface area (Å²) in [5.74, 6) is 0.163. The number of aromatic nitrogens is 1. The predicted molar refractivity (Wildman–Crippen MR) is 83.9 cm³/mol. The third-order valence-corrected chi connectivity index (χ3v) is 5.48. The molecule has 112 valence electrons. The minimum absolute atomic E-state index is 0.163. The Morgan fingerprint density at radius 3 is 2.48 bits per heavy atom. The number of nitrogens with zero attached hydrogens (tertiary/aromatic N) is 2. The molecule has 0 aliphatic heterocycles. The zero-order chi connectivity index (χ0) is 15.5. The zero-order valence-corrected chi connectivity index (χ0v) is 13.7. The lowest BCUT2D eigenvalue weighted by atomic mass is 10.2. The van der Waals surface area contributed by atoms with Crippen LogP contribution in [0.5, 0.6) is 0 Å². The van der Waals surface area contributed by atoms with E-state index in [0.717, 1.165) is 5.56 Å². The third-order valence-electron chi connectivity index (χ3n) is 3.02. The van der Waals surface area contributed by atoms with E-state index in [1.54, 1.807) is 30.6 Å². The van der Waals surface area contributed by atoms with Gasteiger partial charge in [0.05, 0.1) is 4.90 Å². The minimum Gasteiger partial charge on any atom is -0.265 e. The Morgan fingerprint density at radius 2 is 1.86 bits per heavy atom. The first-order chi connectivity index (χ1) is 9.95. The number of hydrogen-bond donors (Lipinski definition) is 0. The van der Waals surface area contributed by atoms with E-state index in [0.29, 0.717) is 10.6 Å². The van der Waals surface area contributed by atoms with Gasteiger partial charge in [-0.3, -0.25) is 4.98 Å². The summed E-state index contributed by atoms with van der Waals surface area (Å²) < 4.78 is 26.4. The van der Waals surface area contributed by atoms with Crippen molar-refractivity contribution in [1.82, 2.24) is 9.29 Å². The maximum Gasteiger partial charge on any atom is 0.243 e. The van der Waals surface area contributed by atoms with Crippen LogP contribution in [-0.2, 0) is 22.4 Å². The van der Waals surface area contributed by atoms with E-state index in [1.165, 1.54) is 23.5 Å². The van der Waals surface area contributed by atoms with Crippen LogP contribution in [0, 0.1) is 0 Å². The monoisotopic (exact) mass is 344 g/mol. The molecule has 1 heterocycles. The number of rotatable bonds is 5. The van der Waals surface area contributed by atoms with Crippen molar-refractivity contribution in [2.75, 3.05) is 7.05 Å². The van der Waals surface area contributed by atoms with Gasteiger partial charge in [-0.15, -0.1) is 11.6 Å². The lowest BCUT2D eigenvalue weighted by molar-refractivity contribution is 0.466. The van der Waals surface area contributed by atoms with Gasteiger partial charge < -0.3 is 0 Å². The van der Waals surface area contributed by atoms with Crippen LogP contribution in [0.25, 0.3) is 0 Å². The van der Waals surface area contributed by atoms with Gasteiger partial charge >= 0.3 is 0 Å². The van der Waals surface area contributed by atoms with Crippen LogP contribution >= 0.6 is 23.2 Å². The summed E-state index contributed by atoms with van der Waals surface area (Å²) in [6.07, 6.45) is 3.26. The molecule has 4 nitrogen and oxygen atoms in total. The second kappa shape index (κ2) is 6.75. The Bertz CT molecular complexity index is 721. The smallest absolute Gasteiger partial charge is 0.243 e. The van der Waals surface area contributed by atoms with Gasteiger partial charge in [0.25, 0.3) is 0 Å². The lowest BCUT2D eigenvalue weighted by Gasteiger charge is -2.18. The summed E-state index contributed by atoms with van der Waals surface area (Å²) >= 11 is 11.7. The zero-order valence-electron chi connectivity index (χ0n) is 11.3. The molecule has 0 aliphatic rings. The van der Waals surface area contributed by atoms with E-state index < -0.39 is 10.0 Å². The Balaban J connectivity index is 2.29. The molecule has 0 saturated carbocycles. The lowest BCUT2D eigenvalue weighted by Crippen LogP contribution is -2.26. The summed E-state index contributed by atoms with van der Waals surface area (Å²) in [7, 11) is -2.06. The Labute approximate surface area is 134 Å². The molecule has 7 heteroatoms. The van der Waals surface area contributed by atoms with Crippen molar-refractivity contribution >= 4 is 33.2 Å². The SMILES string of the molecule is CN(Cc1ccncc1)S(=O)(=O)c1ccc(Cl)c(CCl)c1. The molecule has 0 aliphatic carbocycles. The summed E-state index contributed by atoms with van der Waals surface area (Å²) in [5, 5.41) is 0.459. The molecular formula is C14H14Cl2N2O2S. The molecular weight excluding hydrogens is 331 g/mol. The van der Waals surface area contributed by atoms with Crippen LogP contribution < -0.4 is 0 Å². The second-order valence-corrected chi connectivity index (χ2v) is 7.22. The highest BCUT2D eigenvalue weighted by Gasteiger charge is 2.21. The first-order valence-corrected chi connectivity index (χ1v) is 8.50. The maximum atomic E-state index is 12.5. The Morgan fingerprint density at radius 1 is 1.19 bits per heavy atom. The van der Waals surface area contributed by atoms with Crippen molar-refractivity contribution in [2.45, 2.75) is 17.3 Å². The first-order valence-electron chi connectivity index (χ1n) is 6.15. The third kappa shape index (κ3) is 3.74. The summed E-state index contributed by atoms with van der Waals surface area (Å²) in [4.78, 5) is 4.09. The fourth-order valence-corrected chi connectivity index (χ4v) is 3.51. The molecule has 0 bridgehead atoms. The van der Waals surface area contributed by atoms with E-state index >= 15 is 0 Å². The van der Waals surface area contributed by atoms with Crippen LogP contribution in [0.1, 0.15) is 11.1 Å². The molecule has 1 aromatic carbocycles. The highest BCUT2D eigenvalue weighted by atomic mass is 35.5. The summed E-state index contributed by atoms with van der Waals surface area (Å²) in [6, 6.07) is 8.09. The van der Waals surface area contributed by atoms with Crippen molar-refractivity contribution in [3.63, 3.8) is 0 Å². The quantitative estimate of drug-likeness (QED) is 0.782. The first kappa shape index (κ1) is 16.2. The van der Waals surface area contributed by atoms with E-state index in [4.69, 9.17) is 23.2 Å². The number of halogens is 2. The van der Waals surface area contributed by atoms with Gasteiger partial charge in [-0.25, -0.2) is 8.42 Å². The number of sulfonamides is 1. The Kier molecular flexibility index (Phi) is 5.22. The number of hydrogen-bond acceptors (Lipinski definition) is 3. The number of pyridine rings is 1. The van der Waals surface area contributed by atoms with Crippen molar-refractivity contribution < 1.29 is 8.42 Å². The van der Waals surface area contributed by atoms with Gasteiger partial charge in [-0.1, -0.05) is 11.6 Å². The molecule has 0 amide bonds. The summed E-state index contributed by atoms with van der Waals surface area (Å²) in [6.45, 7) is 0.268. The molecule has 0 fully saturated rings. The van der Waals surface area contributed by atoms with Crippen LogP contribution in [-0.4, -0.2) is 24.8 Å². The molecule has 1 aromatic heterocycles. The normalized spacial score (nSPS) is 11.8. The molecule has 0 spiro atoms. The van der Waals surface area contributed by atoms with Gasteiger partial charge in [0.2, 0.25) is 10.0 Å². The van der Waals surface area contributed by atoms with Crippen molar-refractivity contribution in [2.24, 2.45) is 0 Å². The van der Waals surface area contributed by atoms with Crippen LogP contribution in [0.4, 0.5) is 0 Å². The molecule has 0 atom stereocenters. The fourth-order valence-electron chi connectivity index (χ4n) is 1.82. The summed E-state index contributed by atoms with van der Waals surface area (Å²) in [5.41, 5.74) is 1.46.